The predicted octanol–water partition coefficient (Wildman–Crippen LogP) is 4.07. The number of carbonyl (C=O) groups is 2. The first kappa shape index (κ1) is 20.8. The molecule has 0 saturated heterocycles. The summed E-state index contributed by atoms with van der Waals surface area (Å²) in [6, 6.07) is 16.4. The molecular formula is C24H26O5. The SMILES string of the molecule is C=CC(=O)OCCOc1ccc(C2CCCCC2(O)C(=O)c2ccccc2)cc1. The minimum atomic E-state index is -1.40. The summed E-state index contributed by atoms with van der Waals surface area (Å²) in [5.41, 5.74) is 0.0544. The van der Waals surface area contributed by atoms with E-state index in [0.29, 0.717) is 17.7 Å². The van der Waals surface area contributed by atoms with Crippen molar-refractivity contribution in [2.24, 2.45) is 0 Å². The summed E-state index contributed by atoms with van der Waals surface area (Å²) in [6.45, 7) is 3.71. The van der Waals surface area contributed by atoms with Crippen LogP contribution in [0.5, 0.6) is 5.75 Å². The largest absolute Gasteiger partial charge is 0.490 e. The second kappa shape index (κ2) is 9.52. The number of esters is 1. The van der Waals surface area contributed by atoms with Crippen molar-refractivity contribution >= 4 is 11.8 Å². The van der Waals surface area contributed by atoms with E-state index in [1.54, 1.807) is 12.1 Å². The highest BCUT2D eigenvalue weighted by molar-refractivity contribution is 6.03. The first-order valence-corrected chi connectivity index (χ1v) is 9.89. The molecule has 1 N–H and O–H groups in total. The van der Waals surface area contributed by atoms with E-state index in [4.69, 9.17) is 9.47 Å². The number of Topliss-reactive ketones (excluding diaryl/α,β-unsaturated/α-hetero) is 1. The summed E-state index contributed by atoms with van der Waals surface area (Å²) in [4.78, 5) is 24.1. The summed E-state index contributed by atoms with van der Waals surface area (Å²) >= 11 is 0. The first-order valence-electron chi connectivity index (χ1n) is 9.89. The third kappa shape index (κ3) is 4.93. The van der Waals surface area contributed by atoms with Gasteiger partial charge in [0.05, 0.1) is 0 Å². The van der Waals surface area contributed by atoms with E-state index in [1.807, 2.05) is 42.5 Å². The number of hydrogen-bond acceptors (Lipinski definition) is 5. The van der Waals surface area contributed by atoms with Crippen LogP contribution < -0.4 is 4.74 Å². The van der Waals surface area contributed by atoms with Crippen molar-refractivity contribution < 1.29 is 24.2 Å². The molecule has 29 heavy (non-hydrogen) atoms. The molecule has 0 aliphatic heterocycles. The summed E-state index contributed by atoms with van der Waals surface area (Å²) in [6.07, 6.45) is 4.13. The maximum atomic E-state index is 13.1. The fraction of sp³-hybridized carbons (Fsp3) is 0.333. The molecule has 1 aliphatic rings. The molecule has 1 aliphatic carbocycles. The van der Waals surface area contributed by atoms with Crippen molar-refractivity contribution in [3.63, 3.8) is 0 Å². The highest BCUT2D eigenvalue weighted by Crippen LogP contribution is 2.43. The van der Waals surface area contributed by atoms with E-state index >= 15 is 0 Å². The van der Waals surface area contributed by atoms with Gasteiger partial charge in [0.25, 0.3) is 0 Å². The normalized spacial score (nSPS) is 21.2. The average molecular weight is 394 g/mol. The van der Waals surface area contributed by atoms with Crippen LogP contribution in [0, 0.1) is 0 Å². The van der Waals surface area contributed by atoms with Crippen LogP contribution in [0.15, 0.2) is 67.3 Å². The predicted molar refractivity (Wildman–Crippen MR) is 110 cm³/mol. The highest BCUT2D eigenvalue weighted by Gasteiger charge is 2.46. The van der Waals surface area contributed by atoms with Gasteiger partial charge in [0.15, 0.2) is 5.78 Å². The number of rotatable bonds is 8. The highest BCUT2D eigenvalue weighted by atomic mass is 16.6. The molecule has 2 aromatic rings. The topological polar surface area (TPSA) is 72.8 Å². The molecule has 0 bridgehead atoms. The van der Waals surface area contributed by atoms with Gasteiger partial charge in [0.2, 0.25) is 0 Å². The lowest BCUT2D eigenvalue weighted by Gasteiger charge is -2.39. The Balaban J connectivity index is 1.70. The molecule has 2 atom stereocenters. The van der Waals surface area contributed by atoms with Crippen molar-refractivity contribution in [2.45, 2.75) is 37.2 Å². The summed E-state index contributed by atoms with van der Waals surface area (Å²) < 4.78 is 10.4. The zero-order valence-corrected chi connectivity index (χ0v) is 16.4. The molecule has 0 spiro atoms. The zero-order chi connectivity index (χ0) is 20.7. The molecule has 1 fully saturated rings. The van der Waals surface area contributed by atoms with Crippen LogP contribution in [-0.4, -0.2) is 35.7 Å². The molecule has 0 aromatic heterocycles. The van der Waals surface area contributed by atoms with Gasteiger partial charge in [-0.2, -0.15) is 0 Å². The van der Waals surface area contributed by atoms with Crippen LogP contribution in [0.2, 0.25) is 0 Å². The minimum absolute atomic E-state index is 0.139. The van der Waals surface area contributed by atoms with E-state index in [1.165, 1.54) is 0 Å². The van der Waals surface area contributed by atoms with Gasteiger partial charge in [-0.25, -0.2) is 4.79 Å². The second-order valence-corrected chi connectivity index (χ2v) is 7.21. The Labute approximate surface area is 171 Å². The van der Waals surface area contributed by atoms with E-state index in [2.05, 4.69) is 6.58 Å². The Morgan fingerprint density at radius 1 is 1.07 bits per heavy atom. The lowest BCUT2D eigenvalue weighted by molar-refractivity contribution is -0.138. The zero-order valence-electron chi connectivity index (χ0n) is 16.4. The molecular weight excluding hydrogens is 368 g/mol. The monoisotopic (exact) mass is 394 g/mol. The standard InChI is InChI=1S/C24H26O5/c1-2-22(25)29-17-16-28-20-13-11-18(12-14-20)21-10-6-7-15-24(21,27)23(26)19-8-4-3-5-9-19/h2-5,8-9,11-14,21,27H,1,6-7,10,15-17H2. The summed E-state index contributed by atoms with van der Waals surface area (Å²) in [7, 11) is 0. The molecule has 0 heterocycles. The molecule has 5 nitrogen and oxygen atoms in total. The number of ketones is 1. The van der Waals surface area contributed by atoms with Crippen molar-refractivity contribution in [3.05, 3.63) is 78.4 Å². The third-order valence-electron chi connectivity index (χ3n) is 5.35. The van der Waals surface area contributed by atoms with E-state index in [9.17, 15) is 14.7 Å². The van der Waals surface area contributed by atoms with E-state index in [0.717, 1.165) is 30.9 Å². The molecule has 0 amide bonds. The Kier molecular flexibility index (Phi) is 6.83. The van der Waals surface area contributed by atoms with Gasteiger partial charge in [-0.3, -0.25) is 4.79 Å². The fourth-order valence-electron chi connectivity index (χ4n) is 3.87. The van der Waals surface area contributed by atoms with Crippen molar-refractivity contribution in [3.8, 4) is 5.75 Å². The third-order valence-corrected chi connectivity index (χ3v) is 5.35. The van der Waals surface area contributed by atoms with Gasteiger partial charge in [0.1, 0.15) is 24.6 Å². The average Bonchev–Trinajstić information content (AvgIpc) is 2.77. The molecule has 152 valence electrons. The van der Waals surface area contributed by atoms with Gasteiger partial charge >= 0.3 is 5.97 Å². The van der Waals surface area contributed by atoms with Crippen LogP contribution in [0.4, 0.5) is 0 Å². The van der Waals surface area contributed by atoms with Crippen LogP contribution in [0.25, 0.3) is 0 Å². The van der Waals surface area contributed by atoms with E-state index < -0.39 is 11.6 Å². The van der Waals surface area contributed by atoms with Crippen LogP contribution in [-0.2, 0) is 9.53 Å². The van der Waals surface area contributed by atoms with Gasteiger partial charge in [0, 0.05) is 17.6 Å². The van der Waals surface area contributed by atoms with Gasteiger partial charge in [-0.15, -0.1) is 0 Å². The van der Waals surface area contributed by atoms with Crippen LogP contribution in [0.3, 0.4) is 0 Å². The number of carbonyl (C=O) groups excluding carboxylic acids is 2. The van der Waals surface area contributed by atoms with Gasteiger partial charge in [-0.05, 0) is 30.5 Å². The maximum absolute atomic E-state index is 13.1. The first-order chi connectivity index (χ1) is 14.0. The lowest BCUT2D eigenvalue weighted by Crippen LogP contribution is -2.46. The molecule has 2 unspecified atom stereocenters. The Hall–Kier alpha value is -2.92. The smallest absolute Gasteiger partial charge is 0.330 e. The van der Waals surface area contributed by atoms with Crippen LogP contribution >= 0.6 is 0 Å². The van der Waals surface area contributed by atoms with E-state index in [-0.39, 0.29) is 24.9 Å². The van der Waals surface area contributed by atoms with Gasteiger partial charge in [-0.1, -0.05) is 61.9 Å². The Morgan fingerprint density at radius 2 is 1.79 bits per heavy atom. The number of ether oxygens (including phenoxy) is 2. The lowest BCUT2D eigenvalue weighted by atomic mass is 9.69. The summed E-state index contributed by atoms with van der Waals surface area (Å²) in [5, 5.41) is 11.4. The molecule has 3 rings (SSSR count). The molecule has 2 aromatic carbocycles. The molecule has 5 heteroatoms. The second-order valence-electron chi connectivity index (χ2n) is 7.21. The summed E-state index contributed by atoms with van der Waals surface area (Å²) in [5.74, 6) is -0.320. The van der Waals surface area contributed by atoms with Gasteiger partial charge < -0.3 is 14.6 Å². The minimum Gasteiger partial charge on any atom is -0.490 e. The van der Waals surface area contributed by atoms with Crippen molar-refractivity contribution in [2.75, 3.05) is 13.2 Å². The fourth-order valence-corrected chi connectivity index (χ4v) is 3.87. The maximum Gasteiger partial charge on any atom is 0.330 e. The Bertz CT molecular complexity index is 843. The number of benzene rings is 2. The molecule has 1 saturated carbocycles. The molecule has 0 radical (unpaired) electrons. The van der Waals surface area contributed by atoms with Crippen molar-refractivity contribution in [1.29, 1.82) is 0 Å². The van der Waals surface area contributed by atoms with Crippen LogP contribution in [0.1, 0.15) is 47.5 Å². The number of hydrogen-bond donors (Lipinski definition) is 1. The number of aliphatic hydroxyl groups is 1. The Morgan fingerprint density at radius 3 is 2.48 bits per heavy atom. The van der Waals surface area contributed by atoms with Crippen molar-refractivity contribution in [1.82, 2.24) is 0 Å². The quantitative estimate of drug-likeness (QED) is 0.316.